The first-order valence-electron chi connectivity index (χ1n) is 5.98. The van der Waals surface area contributed by atoms with E-state index in [0.717, 1.165) is 11.1 Å². The molecule has 1 aromatic rings. The molecule has 0 fully saturated rings. The normalized spacial score (nSPS) is 14.5. The monoisotopic (exact) mass is 248 g/mol. The third kappa shape index (κ3) is 2.20. The van der Waals surface area contributed by atoms with Gasteiger partial charge in [0.15, 0.2) is 0 Å². The summed E-state index contributed by atoms with van der Waals surface area (Å²) in [6.45, 7) is 4.77. The Morgan fingerprint density at radius 1 is 1.39 bits per heavy atom. The Labute approximate surface area is 105 Å². The maximum absolute atomic E-state index is 11.9. The van der Waals surface area contributed by atoms with Gasteiger partial charge in [-0.2, -0.15) is 0 Å². The number of aromatic nitrogens is 1. The zero-order chi connectivity index (χ0) is 13.3. The Morgan fingerprint density at radius 2 is 2.11 bits per heavy atom. The fourth-order valence-electron chi connectivity index (χ4n) is 2.23. The second kappa shape index (κ2) is 4.76. The van der Waals surface area contributed by atoms with Gasteiger partial charge in [-0.05, 0) is 17.5 Å². The van der Waals surface area contributed by atoms with E-state index >= 15 is 0 Å². The predicted molar refractivity (Wildman–Crippen MR) is 65.2 cm³/mol. The molecular weight excluding hydrogens is 232 g/mol. The molecule has 5 nitrogen and oxygen atoms in total. The van der Waals surface area contributed by atoms with E-state index < -0.39 is 5.97 Å². The van der Waals surface area contributed by atoms with Crippen molar-refractivity contribution in [3.63, 3.8) is 0 Å². The largest absolute Gasteiger partial charge is 0.478 e. The number of pyridine rings is 1. The molecule has 5 heteroatoms. The number of hydrogen-bond acceptors (Lipinski definition) is 3. The highest BCUT2D eigenvalue weighted by molar-refractivity contribution is 5.89. The van der Waals surface area contributed by atoms with Crippen LogP contribution in [-0.4, -0.2) is 33.4 Å². The average Bonchev–Trinajstić information content (AvgIpc) is 2.36. The van der Waals surface area contributed by atoms with Gasteiger partial charge < -0.3 is 10.0 Å². The van der Waals surface area contributed by atoms with E-state index in [2.05, 4.69) is 4.98 Å². The van der Waals surface area contributed by atoms with Crippen molar-refractivity contribution in [2.24, 2.45) is 5.92 Å². The van der Waals surface area contributed by atoms with Crippen molar-refractivity contribution in [3.05, 3.63) is 29.1 Å². The Hall–Kier alpha value is -1.91. The zero-order valence-electron chi connectivity index (χ0n) is 10.5. The van der Waals surface area contributed by atoms with Gasteiger partial charge in [-0.1, -0.05) is 13.8 Å². The lowest BCUT2D eigenvalue weighted by atomic mass is 9.96. The van der Waals surface area contributed by atoms with Gasteiger partial charge in [0.05, 0.1) is 5.56 Å². The molecule has 96 valence electrons. The van der Waals surface area contributed by atoms with E-state index in [1.165, 1.54) is 6.20 Å². The first kappa shape index (κ1) is 12.5. The van der Waals surface area contributed by atoms with Crippen molar-refractivity contribution in [2.75, 3.05) is 6.54 Å². The molecule has 0 atom stereocenters. The summed E-state index contributed by atoms with van der Waals surface area (Å²) in [6, 6.07) is 0. The van der Waals surface area contributed by atoms with Gasteiger partial charge >= 0.3 is 5.97 Å². The molecule has 0 aromatic carbocycles. The van der Waals surface area contributed by atoms with Crippen molar-refractivity contribution in [2.45, 2.75) is 26.8 Å². The lowest BCUT2D eigenvalue weighted by Gasteiger charge is -2.30. The Bertz CT molecular complexity index is 497. The van der Waals surface area contributed by atoms with Gasteiger partial charge in [0, 0.05) is 31.4 Å². The van der Waals surface area contributed by atoms with Gasteiger partial charge in [0.25, 0.3) is 0 Å². The highest BCUT2D eigenvalue weighted by Crippen LogP contribution is 2.22. The first-order chi connectivity index (χ1) is 8.50. The molecule has 0 unspecified atom stereocenters. The van der Waals surface area contributed by atoms with E-state index in [4.69, 9.17) is 5.11 Å². The summed E-state index contributed by atoms with van der Waals surface area (Å²) in [5.74, 6) is -0.897. The van der Waals surface area contributed by atoms with Crippen LogP contribution in [0.2, 0.25) is 0 Å². The number of nitrogens with zero attached hydrogens (tertiary/aromatic N) is 2. The fourth-order valence-corrected chi connectivity index (χ4v) is 2.23. The maximum Gasteiger partial charge on any atom is 0.337 e. The molecule has 2 rings (SSSR count). The van der Waals surface area contributed by atoms with Crippen LogP contribution in [0, 0.1) is 5.92 Å². The Kier molecular flexibility index (Phi) is 3.32. The minimum Gasteiger partial charge on any atom is -0.478 e. The molecule has 1 aliphatic heterocycles. The summed E-state index contributed by atoms with van der Waals surface area (Å²) in [5.41, 5.74) is 1.91. The minimum atomic E-state index is -0.956. The number of carbonyl (C=O) groups excluding carboxylic acids is 1. The minimum absolute atomic E-state index is 0.0397. The second-order valence-corrected chi connectivity index (χ2v) is 4.79. The van der Waals surface area contributed by atoms with E-state index in [1.807, 2.05) is 13.8 Å². The smallest absolute Gasteiger partial charge is 0.337 e. The van der Waals surface area contributed by atoms with Gasteiger partial charge in [-0.25, -0.2) is 4.79 Å². The van der Waals surface area contributed by atoms with E-state index in [1.54, 1.807) is 11.1 Å². The lowest BCUT2D eigenvalue weighted by molar-refractivity contribution is -0.135. The summed E-state index contributed by atoms with van der Waals surface area (Å²) in [4.78, 5) is 28.7. The van der Waals surface area contributed by atoms with Crippen LogP contribution in [-0.2, 0) is 17.8 Å². The molecule has 1 aliphatic rings. The topological polar surface area (TPSA) is 70.5 Å². The number of aromatic carboxylic acids is 1. The molecule has 18 heavy (non-hydrogen) atoms. The van der Waals surface area contributed by atoms with Gasteiger partial charge in [0.2, 0.25) is 5.91 Å². The van der Waals surface area contributed by atoms with E-state index in [9.17, 15) is 9.59 Å². The number of carboxylic acids is 1. The molecule has 1 amide bonds. The van der Waals surface area contributed by atoms with Crippen LogP contribution in [0.5, 0.6) is 0 Å². The molecule has 0 spiro atoms. The predicted octanol–water partition coefficient (Wildman–Crippen LogP) is 1.32. The van der Waals surface area contributed by atoms with Crippen LogP contribution in [0.15, 0.2) is 12.4 Å². The molecule has 1 aromatic heterocycles. The third-order valence-electron chi connectivity index (χ3n) is 3.18. The van der Waals surface area contributed by atoms with Crippen LogP contribution in [0.25, 0.3) is 0 Å². The molecule has 0 aliphatic carbocycles. The maximum atomic E-state index is 11.9. The zero-order valence-corrected chi connectivity index (χ0v) is 10.5. The lowest BCUT2D eigenvalue weighted by Crippen LogP contribution is -2.39. The number of amides is 1. The molecule has 2 heterocycles. The number of rotatable bonds is 2. The van der Waals surface area contributed by atoms with E-state index in [-0.39, 0.29) is 17.4 Å². The molecule has 0 bridgehead atoms. The van der Waals surface area contributed by atoms with Crippen molar-refractivity contribution < 1.29 is 14.7 Å². The average molecular weight is 248 g/mol. The van der Waals surface area contributed by atoms with Crippen LogP contribution >= 0.6 is 0 Å². The summed E-state index contributed by atoms with van der Waals surface area (Å²) in [7, 11) is 0. The summed E-state index contributed by atoms with van der Waals surface area (Å²) >= 11 is 0. The third-order valence-corrected chi connectivity index (χ3v) is 3.18. The van der Waals surface area contributed by atoms with Gasteiger partial charge in [0.1, 0.15) is 0 Å². The number of carboxylic acid groups (broad SMARTS) is 1. The standard InChI is InChI=1S/C13H16N2O3/c1-8(2)12(16)15-4-3-10-9(7-15)5-14-6-11(10)13(17)18/h5-6,8H,3-4,7H2,1-2H3,(H,17,18). The Morgan fingerprint density at radius 3 is 2.72 bits per heavy atom. The summed E-state index contributed by atoms with van der Waals surface area (Å²) in [6.07, 6.45) is 3.61. The van der Waals surface area contributed by atoms with Crippen molar-refractivity contribution in [1.82, 2.24) is 9.88 Å². The van der Waals surface area contributed by atoms with Gasteiger partial charge in [-0.15, -0.1) is 0 Å². The van der Waals surface area contributed by atoms with Gasteiger partial charge in [-0.3, -0.25) is 9.78 Å². The molecule has 0 radical (unpaired) electrons. The van der Waals surface area contributed by atoms with Crippen LogP contribution in [0.4, 0.5) is 0 Å². The highest BCUT2D eigenvalue weighted by Gasteiger charge is 2.25. The fraction of sp³-hybridized carbons (Fsp3) is 0.462. The van der Waals surface area contributed by atoms with Crippen molar-refractivity contribution in [3.8, 4) is 0 Å². The molecule has 0 saturated heterocycles. The number of carbonyl (C=O) groups is 2. The summed E-state index contributed by atoms with van der Waals surface area (Å²) < 4.78 is 0. The Balaban J connectivity index is 2.28. The van der Waals surface area contributed by atoms with Crippen LogP contribution < -0.4 is 0 Å². The number of fused-ring (bicyclic) bond motifs is 1. The van der Waals surface area contributed by atoms with Crippen molar-refractivity contribution >= 4 is 11.9 Å². The van der Waals surface area contributed by atoms with Crippen LogP contribution in [0.1, 0.15) is 35.3 Å². The highest BCUT2D eigenvalue weighted by atomic mass is 16.4. The molecule has 1 N–H and O–H groups in total. The first-order valence-corrected chi connectivity index (χ1v) is 5.98. The molecule has 0 saturated carbocycles. The summed E-state index contributed by atoms with van der Waals surface area (Å²) in [5, 5.41) is 9.08. The second-order valence-electron chi connectivity index (χ2n) is 4.79. The SMILES string of the molecule is CC(C)C(=O)N1CCc2c(cncc2C(=O)O)C1. The molecular formula is C13H16N2O3. The number of hydrogen-bond donors (Lipinski definition) is 1. The van der Waals surface area contributed by atoms with Crippen LogP contribution in [0.3, 0.4) is 0 Å². The quantitative estimate of drug-likeness (QED) is 0.857. The van der Waals surface area contributed by atoms with Crippen molar-refractivity contribution in [1.29, 1.82) is 0 Å². The van der Waals surface area contributed by atoms with E-state index in [0.29, 0.717) is 19.5 Å².